The van der Waals surface area contributed by atoms with E-state index in [9.17, 15) is 9.59 Å². The molecule has 7 nitrogen and oxygen atoms in total. The molecule has 1 rings (SSSR count). The molecule has 20 heavy (non-hydrogen) atoms. The summed E-state index contributed by atoms with van der Waals surface area (Å²) in [5.74, 6) is -0.501. The quantitative estimate of drug-likeness (QED) is 0.770. The lowest BCUT2D eigenvalue weighted by Crippen LogP contribution is -2.25. The average molecular weight is 282 g/mol. The number of aryl methyl sites for hydroxylation is 1. The lowest BCUT2D eigenvalue weighted by Gasteiger charge is -2.18. The van der Waals surface area contributed by atoms with Crippen LogP contribution in [0.15, 0.2) is 0 Å². The molecule has 0 atom stereocenters. The fourth-order valence-electron chi connectivity index (χ4n) is 1.51. The zero-order chi connectivity index (χ0) is 15.5. The number of ether oxygens (including phenoxy) is 1. The Kier molecular flexibility index (Phi) is 4.86. The minimum absolute atomic E-state index is 0.00119. The Morgan fingerprint density at radius 1 is 1.30 bits per heavy atom. The van der Waals surface area contributed by atoms with Crippen LogP contribution in [0.2, 0.25) is 0 Å². The van der Waals surface area contributed by atoms with Gasteiger partial charge < -0.3 is 9.64 Å². The van der Waals surface area contributed by atoms with Gasteiger partial charge in [0, 0.05) is 20.5 Å². The normalized spacial score (nSPS) is 11.3. The maximum atomic E-state index is 11.9. The highest BCUT2D eigenvalue weighted by molar-refractivity contribution is 5.88. The summed E-state index contributed by atoms with van der Waals surface area (Å²) in [6.07, 6.45) is 0.310. The van der Waals surface area contributed by atoms with E-state index in [-0.39, 0.29) is 11.6 Å². The first-order valence-electron chi connectivity index (χ1n) is 6.45. The fourth-order valence-corrected chi connectivity index (χ4v) is 1.51. The molecular formula is C13H22N4O3. The standard InChI is InChI=1S/C13H22N4O3/c1-9-11(12(19)20-13(2,3)4)14-15-17(9)8-7-10(18)16(5)6/h7-8H2,1-6H3. The molecule has 0 aliphatic rings. The van der Waals surface area contributed by atoms with Crippen molar-refractivity contribution in [1.29, 1.82) is 0 Å². The molecule has 0 spiro atoms. The van der Waals surface area contributed by atoms with Crippen LogP contribution >= 0.6 is 0 Å². The van der Waals surface area contributed by atoms with Gasteiger partial charge in [-0.25, -0.2) is 9.48 Å². The van der Waals surface area contributed by atoms with E-state index in [4.69, 9.17) is 4.74 Å². The molecule has 1 heterocycles. The molecule has 0 radical (unpaired) electrons. The molecule has 1 aromatic heterocycles. The number of hydrogen-bond donors (Lipinski definition) is 0. The summed E-state index contributed by atoms with van der Waals surface area (Å²) in [4.78, 5) is 25.0. The Labute approximate surface area is 118 Å². The van der Waals surface area contributed by atoms with Crippen LogP contribution in [0.3, 0.4) is 0 Å². The molecule has 0 unspecified atom stereocenters. The maximum Gasteiger partial charge on any atom is 0.361 e. The SMILES string of the molecule is Cc1c(C(=O)OC(C)(C)C)nnn1CCC(=O)N(C)C. The number of amides is 1. The average Bonchev–Trinajstić information content (AvgIpc) is 2.65. The van der Waals surface area contributed by atoms with Crippen molar-refractivity contribution >= 4 is 11.9 Å². The Morgan fingerprint density at radius 3 is 2.40 bits per heavy atom. The molecule has 0 N–H and O–H groups in total. The minimum Gasteiger partial charge on any atom is -0.455 e. The van der Waals surface area contributed by atoms with Crippen LogP contribution in [-0.4, -0.2) is 51.5 Å². The second kappa shape index (κ2) is 6.02. The number of aromatic nitrogens is 3. The summed E-state index contributed by atoms with van der Waals surface area (Å²) in [5.41, 5.74) is 0.219. The van der Waals surface area contributed by atoms with E-state index in [1.807, 2.05) is 0 Å². The van der Waals surface area contributed by atoms with Crippen LogP contribution in [0.25, 0.3) is 0 Å². The summed E-state index contributed by atoms with van der Waals surface area (Å²) < 4.78 is 6.79. The lowest BCUT2D eigenvalue weighted by molar-refractivity contribution is -0.128. The fraction of sp³-hybridized carbons (Fsp3) is 0.692. The second-order valence-corrected chi connectivity index (χ2v) is 5.79. The minimum atomic E-state index is -0.575. The van der Waals surface area contributed by atoms with Crippen LogP contribution in [-0.2, 0) is 16.1 Å². The highest BCUT2D eigenvalue weighted by Gasteiger charge is 2.23. The van der Waals surface area contributed by atoms with E-state index in [1.165, 1.54) is 4.90 Å². The van der Waals surface area contributed by atoms with E-state index in [2.05, 4.69) is 10.3 Å². The summed E-state index contributed by atoms with van der Waals surface area (Å²) in [7, 11) is 3.39. The van der Waals surface area contributed by atoms with Gasteiger partial charge in [-0.15, -0.1) is 5.10 Å². The van der Waals surface area contributed by atoms with E-state index in [1.54, 1.807) is 46.5 Å². The first-order valence-corrected chi connectivity index (χ1v) is 6.45. The smallest absolute Gasteiger partial charge is 0.361 e. The monoisotopic (exact) mass is 282 g/mol. The van der Waals surface area contributed by atoms with E-state index in [0.717, 1.165) is 0 Å². The van der Waals surface area contributed by atoms with Gasteiger partial charge in [0.1, 0.15) is 5.60 Å². The molecule has 0 aromatic carbocycles. The second-order valence-electron chi connectivity index (χ2n) is 5.79. The lowest BCUT2D eigenvalue weighted by atomic mass is 10.2. The number of hydrogen-bond acceptors (Lipinski definition) is 5. The number of esters is 1. The van der Waals surface area contributed by atoms with Gasteiger partial charge in [-0.1, -0.05) is 5.21 Å². The van der Waals surface area contributed by atoms with Crippen LogP contribution in [0.5, 0.6) is 0 Å². The number of carbonyl (C=O) groups excluding carboxylic acids is 2. The van der Waals surface area contributed by atoms with Gasteiger partial charge in [-0.2, -0.15) is 0 Å². The maximum absolute atomic E-state index is 11.9. The first kappa shape index (κ1) is 16.1. The van der Waals surface area contributed by atoms with E-state index >= 15 is 0 Å². The van der Waals surface area contributed by atoms with Crippen molar-refractivity contribution in [3.63, 3.8) is 0 Å². The largest absolute Gasteiger partial charge is 0.455 e. The summed E-state index contributed by atoms with van der Waals surface area (Å²) in [6, 6.07) is 0. The van der Waals surface area contributed by atoms with Gasteiger partial charge in [-0.3, -0.25) is 4.79 Å². The topological polar surface area (TPSA) is 77.3 Å². The number of carbonyl (C=O) groups is 2. The first-order chi connectivity index (χ1) is 9.11. The van der Waals surface area contributed by atoms with E-state index < -0.39 is 11.6 Å². The molecule has 7 heteroatoms. The third-order valence-electron chi connectivity index (χ3n) is 2.61. The van der Waals surface area contributed by atoms with Crippen molar-refractivity contribution in [2.24, 2.45) is 0 Å². The Hall–Kier alpha value is -1.92. The molecule has 0 aliphatic heterocycles. The van der Waals surface area contributed by atoms with Crippen LogP contribution in [0, 0.1) is 6.92 Å². The van der Waals surface area contributed by atoms with Crippen molar-refractivity contribution < 1.29 is 14.3 Å². The van der Waals surface area contributed by atoms with Gasteiger partial charge in [0.25, 0.3) is 0 Å². The van der Waals surface area contributed by atoms with Crippen molar-refractivity contribution in [2.45, 2.75) is 46.3 Å². The highest BCUT2D eigenvalue weighted by Crippen LogP contribution is 2.13. The Morgan fingerprint density at radius 2 is 1.90 bits per heavy atom. The molecule has 0 saturated heterocycles. The Bertz CT molecular complexity index is 500. The Balaban J connectivity index is 2.75. The molecule has 112 valence electrons. The molecule has 0 aliphatic carbocycles. The third-order valence-corrected chi connectivity index (χ3v) is 2.61. The zero-order valence-corrected chi connectivity index (χ0v) is 12.9. The van der Waals surface area contributed by atoms with Crippen LogP contribution in [0.4, 0.5) is 0 Å². The van der Waals surface area contributed by atoms with Crippen molar-refractivity contribution in [2.75, 3.05) is 14.1 Å². The predicted octanol–water partition coefficient (Wildman–Crippen LogP) is 1.02. The summed E-state index contributed by atoms with van der Waals surface area (Å²) in [6.45, 7) is 7.50. The summed E-state index contributed by atoms with van der Waals surface area (Å²) in [5, 5.41) is 7.73. The zero-order valence-electron chi connectivity index (χ0n) is 12.9. The molecule has 1 aromatic rings. The molecule has 1 amide bonds. The van der Waals surface area contributed by atoms with Crippen LogP contribution < -0.4 is 0 Å². The van der Waals surface area contributed by atoms with Gasteiger partial charge in [-0.05, 0) is 27.7 Å². The van der Waals surface area contributed by atoms with Gasteiger partial charge in [0.15, 0.2) is 5.69 Å². The number of nitrogens with zero attached hydrogens (tertiary/aromatic N) is 4. The van der Waals surface area contributed by atoms with Gasteiger partial charge in [0.2, 0.25) is 5.91 Å². The third kappa shape index (κ3) is 4.32. The van der Waals surface area contributed by atoms with Crippen molar-refractivity contribution in [1.82, 2.24) is 19.9 Å². The summed E-state index contributed by atoms with van der Waals surface area (Å²) >= 11 is 0. The molecule has 0 bridgehead atoms. The molecule has 0 saturated carbocycles. The molecule has 0 fully saturated rings. The van der Waals surface area contributed by atoms with Crippen molar-refractivity contribution in [3.8, 4) is 0 Å². The van der Waals surface area contributed by atoms with E-state index in [0.29, 0.717) is 18.7 Å². The highest BCUT2D eigenvalue weighted by atomic mass is 16.6. The number of rotatable bonds is 4. The predicted molar refractivity (Wildman–Crippen MR) is 73.2 cm³/mol. The van der Waals surface area contributed by atoms with Crippen molar-refractivity contribution in [3.05, 3.63) is 11.4 Å². The molecular weight excluding hydrogens is 260 g/mol. The van der Waals surface area contributed by atoms with Gasteiger partial charge >= 0.3 is 5.97 Å². The van der Waals surface area contributed by atoms with Crippen LogP contribution in [0.1, 0.15) is 43.4 Å². The van der Waals surface area contributed by atoms with Gasteiger partial charge in [0.05, 0.1) is 12.2 Å².